The number of thiophene rings is 1. The van der Waals surface area contributed by atoms with Crippen molar-refractivity contribution in [2.75, 3.05) is 17.2 Å². The van der Waals surface area contributed by atoms with Gasteiger partial charge in [0.1, 0.15) is 17.5 Å². The van der Waals surface area contributed by atoms with Crippen molar-refractivity contribution in [2.24, 2.45) is 23.5 Å². The highest BCUT2D eigenvalue weighted by atomic mass is 35.5. The monoisotopic (exact) mass is 466 g/mol. The number of nitriles is 1. The van der Waals surface area contributed by atoms with Crippen LogP contribution in [0.4, 0.5) is 11.8 Å². The normalized spacial score (nSPS) is 24.8. The lowest BCUT2D eigenvalue weighted by molar-refractivity contribution is 0.112. The number of aromatic nitrogens is 2. The molecule has 32 heavy (non-hydrogen) atoms. The smallest absolute Gasteiger partial charge is 0.224 e. The Morgan fingerprint density at radius 3 is 2.81 bits per heavy atom. The molecule has 166 valence electrons. The van der Waals surface area contributed by atoms with Gasteiger partial charge >= 0.3 is 0 Å². The highest BCUT2D eigenvalue weighted by Gasteiger charge is 2.37. The lowest BCUT2D eigenvalue weighted by Gasteiger charge is -2.44. The van der Waals surface area contributed by atoms with Crippen LogP contribution in [0.2, 0.25) is 5.02 Å². The first kappa shape index (κ1) is 21.4. The van der Waals surface area contributed by atoms with Crippen molar-refractivity contribution in [2.45, 2.75) is 44.7 Å². The van der Waals surface area contributed by atoms with E-state index in [4.69, 9.17) is 17.3 Å². The van der Waals surface area contributed by atoms with Gasteiger partial charge in [0.15, 0.2) is 0 Å². The van der Waals surface area contributed by atoms with E-state index in [0.717, 1.165) is 35.4 Å². The molecule has 3 aromatic rings. The summed E-state index contributed by atoms with van der Waals surface area (Å²) in [5.74, 6) is 2.96. The highest BCUT2D eigenvalue weighted by molar-refractivity contribution is 7.17. The molecule has 4 N–H and O–H groups in total. The number of nitrogens with two attached hydrogens (primary N) is 1. The molecule has 8 heteroatoms. The Labute approximate surface area is 197 Å². The predicted molar refractivity (Wildman–Crippen MR) is 131 cm³/mol. The average molecular weight is 467 g/mol. The minimum Gasteiger partial charge on any atom is -0.369 e. The fraction of sp³-hybridized carbons (Fsp3) is 0.458. The molecular formula is C24H27ClN6S. The number of hydrogen-bond acceptors (Lipinski definition) is 7. The van der Waals surface area contributed by atoms with Crippen LogP contribution in [0.5, 0.6) is 0 Å². The van der Waals surface area contributed by atoms with Crippen molar-refractivity contribution in [3.8, 4) is 6.07 Å². The topological polar surface area (TPSA) is 99.6 Å². The van der Waals surface area contributed by atoms with E-state index < -0.39 is 0 Å². The van der Waals surface area contributed by atoms with E-state index in [2.05, 4.69) is 32.1 Å². The van der Waals surface area contributed by atoms with Gasteiger partial charge in [0, 0.05) is 28.9 Å². The second kappa shape index (κ2) is 9.22. The Hall–Kier alpha value is -2.40. The number of anilines is 2. The van der Waals surface area contributed by atoms with Crippen molar-refractivity contribution in [3.05, 3.63) is 45.9 Å². The zero-order chi connectivity index (χ0) is 22.1. The summed E-state index contributed by atoms with van der Waals surface area (Å²) in [6.07, 6.45) is 7.73. The third-order valence-electron chi connectivity index (χ3n) is 7.03. The minimum atomic E-state index is 0.368. The fourth-order valence-electron chi connectivity index (χ4n) is 5.37. The molecule has 2 unspecified atom stereocenters. The molecule has 2 aliphatic carbocycles. The lowest BCUT2D eigenvalue weighted by atomic mass is 9.65. The first-order valence-corrected chi connectivity index (χ1v) is 12.5. The zero-order valence-corrected chi connectivity index (χ0v) is 19.4. The van der Waals surface area contributed by atoms with Gasteiger partial charge in [0.2, 0.25) is 5.95 Å². The molecule has 1 aromatic carbocycles. The molecule has 2 aromatic heterocycles. The van der Waals surface area contributed by atoms with Gasteiger partial charge in [-0.2, -0.15) is 10.2 Å². The third-order valence-corrected chi connectivity index (χ3v) is 8.28. The molecule has 2 aliphatic rings. The van der Waals surface area contributed by atoms with E-state index in [-0.39, 0.29) is 0 Å². The molecule has 0 saturated heterocycles. The van der Waals surface area contributed by atoms with Gasteiger partial charge in [-0.05, 0) is 78.0 Å². The number of benzene rings is 1. The van der Waals surface area contributed by atoms with Gasteiger partial charge in [0.05, 0.1) is 6.20 Å². The van der Waals surface area contributed by atoms with Crippen LogP contribution < -0.4 is 16.4 Å². The summed E-state index contributed by atoms with van der Waals surface area (Å²) >= 11 is 7.86. The van der Waals surface area contributed by atoms with Crippen LogP contribution in [-0.2, 0) is 6.54 Å². The van der Waals surface area contributed by atoms with Gasteiger partial charge in [-0.25, -0.2) is 4.98 Å². The Bertz CT molecular complexity index is 1140. The second-order valence-corrected chi connectivity index (χ2v) is 10.4. The van der Waals surface area contributed by atoms with Crippen LogP contribution in [0, 0.1) is 29.1 Å². The molecule has 0 amide bonds. The van der Waals surface area contributed by atoms with Gasteiger partial charge in [-0.3, -0.25) is 0 Å². The van der Waals surface area contributed by atoms with Crippen molar-refractivity contribution >= 4 is 44.8 Å². The molecule has 4 atom stereocenters. The molecule has 2 bridgehead atoms. The Morgan fingerprint density at radius 1 is 1.22 bits per heavy atom. The molecular weight excluding hydrogens is 440 g/mol. The largest absolute Gasteiger partial charge is 0.369 e. The number of hydrogen-bond donors (Lipinski definition) is 3. The van der Waals surface area contributed by atoms with Gasteiger partial charge in [-0.1, -0.05) is 18.0 Å². The van der Waals surface area contributed by atoms with Crippen LogP contribution in [0.1, 0.15) is 43.2 Å². The summed E-state index contributed by atoms with van der Waals surface area (Å²) in [5.41, 5.74) is 8.06. The molecule has 2 heterocycles. The summed E-state index contributed by atoms with van der Waals surface area (Å²) in [6.45, 7) is 1.41. The van der Waals surface area contributed by atoms with Crippen molar-refractivity contribution in [1.29, 1.82) is 5.26 Å². The van der Waals surface area contributed by atoms with Gasteiger partial charge < -0.3 is 16.4 Å². The van der Waals surface area contributed by atoms with E-state index in [1.807, 2.05) is 18.2 Å². The Balaban J connectivity index is 1.25. The van der Waals surface area contributed by atoms with Crippen molar-refractivity contribution in [3.63, 3.8) is 0 Å². The van der Waals surface area contributed by atoms with E-state index in [1.54, 1.807) is 17.5 Å². The maximum absolute atomic E-state index is 9.52. The van der Waals surface area contributed by atoms with E-state index in [9.17, 15) is 5.26 Å². The first-order chi connectivity index (χ1) is 15.6. The summed E-state index contributed by atoms with van der Waals surface area (Å²) in [7, 11) is 0. The average Bonchev–Trinajstić information content (AvgIpc) is 3.18. The Kier molecular flexibility index (Phi) is 6.18. The molecule has 2 fully saturated rings. The maximum Gasteiger partial charge on any atom is 0.224 e. The van der Waals surface area contributed by atoms with Gasteiger partial charge in [0.25, 0.3) is 0 Å². The molecule has 0 spiro atoms. The van der Waals surface area contributed by atoms with Crippen LogP contribution in [0.25, 0.3) is 10.1 Å². The SMILES string of the molecule is N#Cc1cnc(NCc2csc3ccc(Cl)cc23)nc1NCC1C[C@H]2CCC[C@@H](C1)C2N. The number of fused-ring (bicyclic) bond motifs is 3. The Morgan fingerprint density at radius 2 is 2.03 bits per heavy atom. The molecule has 2 saturated carbocycles. The van der Waals surface area contributed by atoms with Crippen LogP contribution in [0.3, 0.4) is 0 Å². The van der Waals surface area contributed by atoms with E-state index in [0.29, 0.717) is 47.7 Å². The zero-order valence-electron chi connectivity index (χ0n) is 17.9. The maximum atomic E-state index is 9.52. The highest BCUT2D eigenvalue weighted by Crippen LogP contribution is 2.41. The lowest BCUT2D eigenvalue weighted by Crippen LogP contribution is -2.47. The fourth-order valence-corrected chi connectivity index (χ4v) is 6.49. The predicted octanol–water partition coefficient (Wildman–Crippen LogP) is 5.39. The summed E-state index contributed by atoms with van der Waals surface area (Å²) in [5, 5.41) is 20.3. The van der Waals surface area contributed by atoms with Crippen LogP contribution in [-0.4, -0.2) is 22.6 Å². The summed E-state index contributed by atoms with van der Waals surface area (Å²) < 4.78 is 1.20. The molecule has 6 nitrogen and oxygen atoms in total. The number of halogens is 1. The first-order valence-electron chi connectivity index (χ1n) is 11.3. The van der Waals surface area contributed by atoms with Gasteiger partial charge in [-0.15, -0.1) is 11.3 Å². The molecule has 0 radical (unpaired) electrons. The van der Waals surface area contributed by atoms with Crippen LogP contribution >= 0.6 is 22.9 Å². The number of nitrogens with zero attached hydrogens (tertiary/aromatic N) is 3. The number of nitrogens with one attached hydrogen (secondary N) is 2. The van der Waals surface area contributed by atoms with E-state index >= 15 is 0 Å². The minimum absolute atomic E-state index is 0.368. The molecule has 0 aliphatic heterocycles. The third kappa shape index (κ3) is 4.40. The van der Waals surface area contributed by atoms with Crippen molar-refractivity contribution < 1.29 is 0 Å². The van der Waals surface area contributed by atoms with Crippen LogP contribution in [0.15, 0.2) is 29.8 Å². The second-order valence-electron chi connectivity index (χ2n) is 9.07. The molecule has 5 rings (SSSR count). The summed E-state index contributed by atoms with van der Waals surface area (Å²) in [6, 6.07) is 8.52. The van der Waals surface area contributed by atoms with E-state index in [1.165, 1.54) is 24.0 Å². The standard InChI is InChI=1S/C24H27ClN6S/c25-19-4-5-21-20(8-19)18(13-32-21)12-30-24-29-11-17(9-26)23(31-24)28-10-14-6-15-2-1-3-16(7-14)22(15)27/h4-5,8,11,13-16,22H,1-3,6-7,10,12,27H2,(H2,28,29,30,31)/t14?,15-,16+,22?. The quantitative estimate of drug-likeness (QED) is 0.450. The summed E-state index contributed by atoms with van der Waals surface area (Å²) in [4.78, 5) is 8.94. The van der Waals surface area contributed by atoms with Crippen molar-refractivity contribution in [1.82, 2.24) is 9.97 Å². The number of rotatable bonds is 6.